The van der Waals surface area contributed by atoms with Crippen molar-refractivity contribution in [3.05, 3.63) is 48.4 Å². The molecule has 0 aliphatic heterocycles. The summed E-state index contributed by atoms with van der Waals surface area (Å²) < 4.78 is 5.05. The van der Waals surface area contributed by atoms with Crippen LogP contribution in [-0.2, 0) is 4.79 Å². The molecule has 128 valence electrons. The second kappa shape index (κ2) is 8.91. The van der Waals surface area contributed by atoms with Crippen LogP contribution in [0.1, 0.15) is 50.1 Å². The summed E-state index contributed by atoms with van der Waals surface area (Å²) >= 11 is 0. The number of unbranched alkanes of at least 4 members (excludes halogenated alkanes) is 1. The Hall–Kier alpha value is -2.56. The van der Waals surface area contributed by atoms with Crippen LogP contribution in [-0.4, -0.2) is 11.8 Å². The number of benzene rings is 1. The van der Waals surface area contributed by atoms with Crippen LogP contribution in [0.3, 0.4) is 0 Å². The van der Waals surface area contributed by atoms with E-state index in [9.17, 15) is 9.59 Å². The molecule has 2 rings (SSSR count). The van der Waals surface area contributed by atoms with E-state index in [4.69, 9.17) is 4.42 Å². The topological polar surface area (TPSA) is 71.3 Å². The summed E-state index contributed by atoms with van der Waals surface area (Å²) in [5.41, 5.74) is 1.37. The van der Waals surface area contributed by atoms with Crippen LogP contribution in [0.15, 0.2) is 47.1 Å². The summed E-state index contributed by atoms with van der Waals surface area (Å²) in [7, 11) is 0. The monoisotopic (exact) mass is 328 g/mol. The lowest BCUT2D eigenvalue weighted by atomic mass is 9.98. The fourth-order valence-electron chi connectivity index (χ4n) is 2.45. The standard InChI is InChI=1S/C19H24N2O3/c1-3-5-7-14(4-2)18(22)20-15-9-11-16(12-10-15)21-19(23)17-8-6-13-24-17/h6,8-14H,3-5,7H2,1-2H3,(H,20,22)(H,21,23). The van der Waals surface area contributed by atoms with Crippen LogP contribution < -0.4 is 10.6 Å². The van der Waals surface area contributed by atoms with Crippen molar-refractivity contribution in [2.24, 2.45) is 5.92 Å². The number of amides is 2. The molecule has 2 N–H and O–H groups in total. The molecule has 0 saturated carbocycles. The molecule has 5 heteroatoms. The predicted molar refractivity (Wildman–Crippen MR) is 95.0 cm³/mol. The second-order valence-corrected chi connectivity index (χ2v) is 5.75. The Balaban J connectivity index is 1.91. The predicted octanol–water partition coefficient (Wildman–Crippen LogP) is 4.69. The van der Waals surface area contributed by atoms with Gasteiger partial charge in [-0.05, 0) is 49.2 Å². The van der Waals surface area contributed by atoms with E-state index in [1.54, 1.807) is 36.4 Å². The van der Waals surface area contributed by atoms with Gasteiger partial charge in [0.2, 0.25) is 5.91 Å². The van der Waals surface area contributed by atoms with Crippen molar-refractivity contribution in [3.63, 3.8) is 0 Å². The first-order chi connectivity index (χ1) is 11.6. The SMILES string of the molecule is CCCCC(CC)C(=O)Nc1ccc(NC(=O)c2ccco2)cc1. The van der Waals surface area contributed by atoms with Crippen LogP contribution >= 0.6 is 0 Å². The molecular weight excluding hydrogens is 304 g/mol. The minimum absolute atomic E-state index is 0.0447. The molecule has 0 fully saturated rings. The number of furan rings is 1. The first-order valence-electron chi connectivity index (χ1n) is 8.39. The van der Waals surface area contributed by atoms with E-state index < -0.39 is 0 Å². The van der Waals surface area contributed by atoms with Gasteiger partial charge in [0.25, 0.3) is 5.91 Å². The Kier molecular flexibility index (Phi) is 6.61. The van der Waals surface area contributed by atoms with Gasteiger partial charge >= 0.3 is 0 Å². The molecule has 0 spiro atoms. The van der Waals surface area contributed by atoms with Gasteiger partial charge in [0, 0.05) is 17.3 Å². The maximum atomic E-state index is 12.3. The highest BCUT2D eigenvalue weighted by Gasteiger charge is 2.16. The summed E-state index contributed by atoms with van der Waals surface area (Å²) in [5.74, 6) is 0.0538. The van der Waals surface area contributed by atoms with Crippen LogP contribution in [0.5, 0.6) is 0 Å². The number of rotatable bonds is 8. The van der Waals surface area contributed by atoms with E-state index in [0.717, 1.165) is 31.4 Å². The van der Waals surface area contributed by atoms with Crippen LogP contribution in [0.4, 0.5) is 11.4 Å². The average molecular weight is 328 g/mol. The Bertz CT molecular complexity index is 648. The summed E-state index contributed by atoms with van der Waals surface area (Å²) in [5, 5.41) is 5.68. The number of nitrogens with one attached hydrogen (secondary N) is 2. The van der Waals surface area contributed by atoms with Gasteiger partial charge in [-0.3, -0.25) is 9.59 Å². The molecule has 1 heterocycles. The average Bonchev–Trinajstić information content (AvgIpc) is 3.12. The maximum absolute atomic E-state index is 12.3. The normalized spacial score (nSPS) is 11.8. The Morgan fingerprint density at radius 2 is 1.71 bits per heavy atom. The molecule has 0 radical (unpaired) electrons. The van der Waals surface area contributed by atoms with Crippen LogP contribution in [0, 0.1) is 5.92 Å². The molecule has 0 aliphatic carbocycles. The third kappa shape index (κ3) is 4.98. The minimum atomic E-state index is -0.303. The molecule has 1 aromatic heterocycles. The molecule has 24 heavy (non-hydrogen) atoms. The van der Waals surface area contributed by atoms with Gasteiger partial charge in [-0.2, -0.15) is 0 Å². The highest BCUT2D eigenvalue weighted by Crippen LogP contribution is 2.18. The van der Waals surface area contributed by atoms with Gasteiger partial charge < -0.3 is 15.1 Å². The molecule has 0 saturated heterocycles. The van der Waals surface area contributed by atoms with Crippen molar-refractivity contribution in [2.45, 2.75) is 39.5 Å². The molecule has 1 unspecified atom stereocenters. The van der Waals surface area contributed by atoms with Gasteiger partial charge in [-0.1, -0.05) is 26.7 Å². The van der Waals surface area contributed by atoms with Gasteiger partial charge in [-0.25, -0.2) is 0 Å². The van der Waals surface area contributed by atoms with Crippen molar-refractivity contribution < 1.29 is 14.0 Å². The summed E-state index contributed by atoms with van der Waals surface area (Å²) in [4.78, 5) is 24.2. The smallest absolute Gasteiger partial charge is 0.291 e. The largest absolute Gasteiger partial charge is 0.459 e. The fourth-order valence-corrected chi connectivity index (χ4v) is 2.45. The molecule has 0 bridgehead atoms. The molecular formula is C19H24N2O3. The Morgan fingerprint density at radius 3 is 2.25 bits per heavy atom. The number of anilines is 2. The number of hydrogen-bond acceptors (Lipinski definition) is 3. The van der Waals surface area contributed by atoms with Gasteiger partial charge in [-0.15, -0.1) is 0 Å². The van der Waals surface area contributed by atoms with Crippen molar-refractivity contribution in [1.29, 1.82) is 0 Å². The van der Waals surface area contributed by atoms with E-state index in [2.05, 4.69) is 17.6 Å². The van der Waals surface area contributed by atoms with E-state index >= 15 is 0 Å². The lowest BCUT2D eigenvalue weighted by molar-refractivity contribution is -0.120. The zero-order chi connectivity index (χ0) is 17.4. The molecule has 2 aromatic rings. The molecule has 5 nitrogen and oxygen atoms in total. The quantitative estimate of drug-likeness (QED) is 0.738. The second-order valence-electron chi connectivity index (χ2n) is 5.75. The number of carbonyl (C=O) groups is 2. The molecule has 2 amide bonds. The van der Waals surface area contributed by atoms with Gasteiger partial charge in [0.05, 0.1) is 6.26 Å². The summed E-state index contributed by atoms with van der Waals surface area (Å²) in [6.07, 6.45) is 5.35. The third-order valence-electron chi connectivity index (χ3n) is 3.93. The summed E-state index contributed by atoms with van der Waals surface area (Å²) in [6, 6.07) is 10.3. The van der Waals surface area contributed by atoms with E-state index in [1.807, 2.05) is 6.92 Å². The zero-order valence-electron chi connectivity index (χ0n) is 14.2. The minimum Gasteiger partial charge on any atom is -0.459 e. The van der Waals surface area contributed by atoms with Crippen molar-refractivity contribution >= 4 is 23.2 Å². The lowest BCUT2D eigenvalue weighted by Crippen LogP contribution is -2.22. The Labute approximate surface area is 142 Å². The fraction of sp³-hybridized carbons (Fsp3) is 0.368. The molecule has 1 atom stereocenters. The summed E-state index contributed by atoms with van der Waals surface area (Å²) in [6.45, 7) is 4.16. The van der Waals surface area contributed by atoms with Gasteiger partial charge in [0.15, 0.2) is 5.76 Å². The van der Waals surface area contributed by atoms with Crippen molar-refractivity contribution in [1.82, 2.24) is 0 Å². The van der Waals surface area contributed by atoms with Crippen molar-refractivity contribution in [3.8, 4) is 0 Å². The highest BCUT2D eigenvalue weighted by molar-refractivity contribution is 6.02. The molecule has 1 aromatic carbocycles. The highest BCUT2D eigenvalue weighted by atomic mass is 16.3. The lowest BCUT2D eigenvalue weighted by Gasteiger charge is -2.14. The first kappa shape index (κ1) is 17.8. The van der Waals surface area contributed by atoms with Crippen molar-refractivity contribution in [2.75, 3.05) is 10.6 Å². The third-order valence-corrected chi connectivity index (χ3v) is 3.93. The van der Waals surface area contributed by atoms with E-state index in [1.165, 1.54) is 6.26 Å². The van der Waals surface area contributed by atoms with E-state index in [-0.39, 0.29) is 23.5 Å². The maximum Gasteiger partial charge on any atom is 0.291 e. The Morgan fingerprint density at radius 1 is 1.04 bits per heavy atom. The first-order valence-corrected chi connectivity index (χ1v) is 8.39. The number of carbonyl (C=O) groups excluding carboxylic acids is 2. The van der Waals surface area contributed by atoms with Crippen LogP contribution in [0.2, 0.25) is 0 Å². The molecule has 0 aliphatic rings. The van der Waals surface area contributed by atoms with E-state index in [0.29, 0.717) is 5.69 Å². The zero-order valence-corrected chi connectivity index (χ0v) is 14.2. The van der Waals surface area contributed by atoms with Crippen LogP contribution in [0.25, 0.3) is 0 Å². The van der Waals surface area contributed by atoms with Gasteiger partial charge in [0.1, 0.15) is 0 Å². The number of hydrogen-bond donors (Lipinski definition) is 2.